The minimum atomic E-state index is -0.695. The Kier molecular flexibility index (Phi) is 20.0. The molecule has 0 aliphatic rings. The van der Waals surface area contributed by atoms with E-state index in [0.717, 1.165) is 38.5 Å². The molecule has 0 saturated carbocycles. The van der Waals surface area contributed by atoms with E-state index < -0.39 is 36.0 Å². The van der Waals surface area contributed by atoms with Crippen LogP contribution in [0.15, 0.2) is 0 Å². The van der Waals surface area contributed by atoms with Crippen molar-refractivity contribution in [1.82, 2.24) is 10.6 Å². The molecule has 0 aromatic carbocycles. The highest BCUT2D eigenvalue weighted by atomic mass is 16.5. The van der Waals surface area contributed by atoms with Gasteiger partial charge in [-0.05, 0) is 51.6 Å². The number of methoxy groups -OCH3 is 2. The molecule has 0 aromatic rings. The van der Waals surface area contributed by atoms with E-state index in [1.54, 1.807) is 0 Å². The summed E-state index contributed by atoms with van der Waals surface area (Å²) in [4.78, 5) is 47.5. The lowest BCUT2D eigenvalue weighted by Gasteiger charge is -2.16. The van der Waals surface area contributed by atoms with Gasteiger partial charge in [-0.25, -0.2) is 0 Å². The van der Waals surface area contributed by atoms with E-state index in [-0.39, 0.29) is 26.1 Å². The largest absolute Gasteiger partial charge is 0.468 e. The Morgan fingerprint density at radius 3 is 1.32 bits per heavy atom. The topological polar surface area (TPSA) is 129 Å². The van der Waals surface area contributed by atoms with Crippen LogP contribution in [0.3, 0.4) is 0 Å². The van der Waals surface area contributed by atoms with Gasteiger partial charge in [0, 0.05) is 0 Å². The van der Waals surface area contributed by atoms with E-state index in [0.29, 0.717) is 25.9 Å². The Bertz CT molecular complexity index is 535. The number of hydrogen-bond acceptors (Lipinski definition) is 10. The molecular formula is C24H44N2O8. The Hall–Kier alpha value is -2.20. The summed E-state index contributed by atoms with van der Waals surface area (Å²) in [7, 11) is 2.59. The van der Waals surface area contributed by atoms with E-state index >= 15 is 0 Å². The highest BCUT2D eigenvalue weighted by Gasteiger charge is 2.23. The Balaban J connectivity index is 3.96. The molecule has 0 saturated heterocycles. The second-order valence-corrected chi connectivity index (χ2v) is 8.03. The zero-order valence-electron chi connectivity index (χ0n) is 21.3. The van der Waals surface area contributed by atoms with Crippen LogP contribution in [0.4, 0.5) is 0 Å². The summed E-state index contributed by atoms with van der Waals surface area (Å²) < 4.78 is 19.9. The molecule has 2 unspecified atom stereocenters. The first-order valence-corrected chi connectivity index (χ1v) is 12.3. The van der Waals surface area contributed by atoms with Crippen LogP contribution in [0.25, 0.3) is 0 Å². The van der Waals surface area contributed by atoms with Crippen molar-refractivity contribution in [2.75, 3.05) is 40.5 Å². The number of esters is 4. The van der Waals surface area contributed by atoms with Crippen molar-refractivity contribution < 1.29 is 38.1 Å². The summed E-state index contributed by atoms with van der Waals surface area (Å²) >= 11 is 0. The van der Waals surface area contributed by atoms with Crippen LogP contribution in [0.1, 0.15) is 78.1 Å². The van der Waals surface area contributed by atoms with Crippen LogP contribution >= 0.6 is 0 Å². The fourth-order valence-corrected chi connectivity index (χ4v) is 3.05. The van der Waals surface area contributed by atoms with Gasteiger partial charge >= 0.3 is 23.9 Å². The van der Waals surface area contributed by atoms with Crippen molar-refractivity contribution in [2.45, 2.75) is 90.1 Å². The van der Waals surface area contributed by atoms with Crippen LogP contribution in [0, 0.1) is 0 Å². The summed E-state index contributed by atoms with van der Waals surface area (Å²) in [6.45, 7) is 5.89. The normalized spacial score (nSPS) is 12.5. The molecule has 0 amide bonds. The Labute approximate surface area is 203 Å². The van der Waals surface area contributed by atoms with Gasteiger partial charge in [0.25, 0.3) is 0 Å². The summed E-state index contributed by atoms with van der Waals surface area (Å²) in [5.41, 5.74) is 0. The number of carbonyl (C=O) groups is 4. The quantitative estimate of drug-likeness (QED) is 0.141. The monoisotopic (exact) mass is 488 g/mol. The van der Waals surface area contributed by atoms with Gasteiger partial charge in [0.15, 0.2) is 0 Å². The summed E-state index contributed by atoms with van der Waals surface area (Å²) in [6.07, 6.45) is 6.61. The lowest BCUT2D eigenvalue weighted by atomic mass is 10.2. The van der Waals surface area contributed by atoms with Gasteiger partial charge in [-0.1, -0.05) is 26.7 Å². The molecule has 0 spiro atoms. The van der Waals surface area contributed by atoms with E-state index in [4.69, 9.17) is 18.9 Å². The molecule has 2 atom stereocenters. The fourth-order valence-electron chi connectivity index (χ4n) is 3.05. The molecule has 0 bridgehead atoms. The molecule has 10 nitrogen and oxygen atoms in total. The van der Waals surface area contributed by atoms with E-state index in [2.05, 4.69) is 10.6 Å². The molecule has 0 aliphatic carbocycles. The Morgan fingerprint density at radius 2 is 1.00 bits per heavy atom. The zero-order valence-corrected chi connectivity index (χ0v) is 21.3. The highest BCUT2D eigenvalue weighted by Crippen LogP contribution is 2.05. The second kappa shape index (κ2) is 21.3. The van der Waals surface area contributed by atoms with E-state index in [1.165, 1.54) is 14.2 Å². The molecule has 0 heterocycles. The molecule has 2 N–H and O–H groups in total. The number of hydrogen-bond donors (Lipinski definition) is 2. The third-order valence-electron chi connectivity index (χ3n) is 5.12. The van der Waals surface area contributed by atoms with Crippen molar-refractivity contribution in [1.29, 1.82) is 0 Å². The number of ether oxygens (including phenoxy) is 4. The lowest BCUT2D eigenvalue weighted by molar-refractivity contribution is -0.151. The number of carbonyl (C=O) groups excluding carboxylic acids is 4. The van der Waals surface area contributed by atoms with Crippen molar-refractivity contribution in [3.63, 3.8) is 0 Å². The molecule has 0 fully saturated rings. The average Bonchev–Trinajstić information content (AvgIpc) is 2.83. The van der Waals surface area contributed by atoms with Crippen molar-refractivity contribution in [3.8, 4) is 0 Å². The molecule has 34 heavy (non-hydrogen) atoms. The summed E-state index contributed by atoms with van der Waals surface area (Å²) in [6, 6.07) is -1.39. The fraction of sp³-hybridized carbons (Fsp3) is 0.833. The standard InChI is InChI=1S/C24H44N2O8/c1-5-7-13-25-19(23(29)31-3)17-21(27)33-15-11-9-10-12-16-34-22(28)18-20(24(30)32-4)26-14-8-6-2/h19-20,25-26H,5-18H2,1-4H3. The molecule has 0 rings (SSSR count). The van der Waals surface area contributed by atoms with E-state index in [1.807, 2.05) is 13.8 Å². The van der Waals surface area contributed by atoms with Crippen LogP contribution in [-0.4, -0.2) is 76.5 Å². The third-order valence-corrected chi connectivity index (χ3v) is 5.12. The van der Waals surface area contributed by atoms with Gasteiger partial charge in [0.2, 0.25) is 0 Å². The van der Waals surface area contributed by atoms with Gasteiger partial charge < -0.3 is 29.6 Å². The van der Waals surface area contributed by atoms with Crippen LogP contribution in [0.5, 0.6) is 0 Å². The third kappa shape index (κ3) is 16.4. The number of unbranched alkanes of at least 4 members (excludes halogenated alkanes) is 5. The zero-order chi connectivity index (χ0) is 25.6. The average molecular weight is 489 g/mol. The molecule has 0 aliphatic heterocycles. The first-order chi connectivity index (χ1) is 16.4. The van der Waals surface area contributed by atoms with Gasteiger partial charge in [-0.15, -0.1) is 0 Å². The Morgan fingerprint density at radius 1 is 0.618 bits per heavy atom. The summed E-state index contributed by atoms with van der Waals surface area (Å²) in [5.74, 6) is -1.84. The maximum atomic E-state index is 12.0. The first-order valence-electron chi connectivity index (χ1n) is 12.3. The first kappa shape index (κ1) is 31.8. The molecule has 0 radical (unpaired) electrons. The van der Waals surface area contributed by atoms with Gasteiger partial charge in [-0.2, -0.15) is 0 Å². The van der Waals surface area contributed by atoms with Gasteiger partial charge in [0.1, 0.15) is 12.1 Å². The molecule has 0 aromatic heterocycles. The minimum absolute atomic E-state index is 0.0633. The molecule has 10 heteroatoms. The van der Waals surface area contributed by atoms with Crippen molar-refractivity contribution in [3.05, 3.63) is 0 Å². The lowest BCUT2D eigenvalue weighted by Crippen LogP contribution is -2.40. The summed E-state index contributed by atoms with van der Waals surface area (Å²) in [5, 5.41) is 6.05. The maximum absolute atomic E-state index is 12.0. The van der Waals surface area contributed by atoms with Crippen molar-refractivity contribution in [2.24, 2.45) is 0 Å². The SMILES string of the molecule is CCCCNC(CC(=O)OCCCCCCOC(=O)CC(NCCCC)C(=O)OC)C(=O)OC. The predicted octanol–water partition coefficient (Wildman–Crippen LogP) is 2.28. The van der Waals surface area contributed by atoms with Gasteiger partial charge in [-0.3, -0.25) is 19.2 Å². The smallest absolute Gasteiger partial charge is 0.323 e. The predicted molar refractivity (Wildman–Crippen MR) is 127 cm³/mol. The van der Waals surface area contributed by atoms with Gasteiger partial charge in [0.05, 0.1) is 40.3 Å². The molecule has 198 valence electrons. The number of rotatable bonds is 21. The number of nitrogens with one attached hydrogen (secondary N) is 2. The van der Waals surface area contributed by atoms with E-state index in [9.17, 15) is 19.2 Å². The van der Waals surface area contributed by atoms with Crippen LogP contribution < -0.4 is 10.6 Å². The van der Waals surface area contributed by atoms with Crippen LogP contribution in [0.2, 0.25) is 0 Å². The maximum Gasteiger partial charge on any atom is 0.323 e. The van der Waals surface area contributed by atoms with Crippen molar-refractivity contribution >= 4 is 23.9 Å². The second-order valence-electron chi connectivity index (χ2n) is 8.03. The van der Waals surface area contributed by atoms with Crippen LogP contribution in [-0.2, 0) is 38.1 Å². The molecular weight excluding hydrogens is 444 g/mol. The minimum Gasteiger partial charge on any atom is -0.468 e. The highest BCUT2D eigenvalue weighted by molar-refractivity contribution is 5.83.